The van der Waals surface area contributed by atoms with Gasteiger partial charge in [0.15, 0.2) is 0 Å². The molecule has 0 bridgehead atoms. The molecule has 0 radical (unpaired) electrons. The largest absolute Gasteiger partial charge is 0.347 e. The maximum Gasteiger partial charge on any atom is 0.205 e. The molecule has 0 saturated carbocycles. The first-order chi connectivity index (χ1) is 8.84. The van der Waals surface area contributed by atoms with Crippen LogP contribution in [-0.4, -0.2) is 28.1 Å². The van der Waals surface area contributed by atoms with E-state index in [0.717, 1.165) is 17.7 Å². The van der Waals surface area contributed by atoms with E-state index in [1.165, 1.54) is 0 Å². The third-order valence-electron chi connectivity index (χ3n) is 2.99. The zero-order valence-electron chi connectivity index (χ0n) is 10.2. The Morgan fingerprint density at radius 2 is 2.06 bits per heavy atom. The predicted molar refractivity (Wildman–Crippen MR) is 65.7 cm³/mol. The molecule has 2 aromatic rings. The second kappa shape index (κ2) is 4.88. The predicted octanol–water partition coefficient (Wildman–Crippen LogP) is 2.30. The van der Waals surface area contributed by atoms with E-state index in [4.69, 9.17) is 9.47 Å². The van der Waals surface area contributed by atoms with Crippen molar-refractivity contribution in [2.24, 2.45) is 0 Å². The number of rotatable bonds is 2. The Bertz CT molecular complexity index is 512. The molecule has 1 aliphatic rings. The topological polar surface area (TPSA) is 60.0 Å². The molecule has 2 atom stereocenters. The number of hydrogen-bond acceptors (Lipinski definition) is 4. The Morgan fingerprint density at radius 1 is 1.22 bits per heavy atom. The van der Waals surface area contributed by atoms with Crippen molar-refractivity contribution in [3.63, 3.8) is 0 Å². The number of aromatic amines is 1. The van der Waals surface area contributed by atoms with Crippen LogP contribution in [0.25, 0.3) is 11.3 Å². The maximum absolute atomic E-state index is 5.75. The summed E-state index contributed by atoms with van der Waals surface area (Å²) in [5.41, 5.74) is 2.51. The van der Waals surface area contributed by atoms with Gasteiger partial charge in [-0.1, -0.05) is 30.3 Å². The summed E-state index contributed by atoms with van der Waals surface area (Å²) in [7, 11) is 0. The number of aromatic nitrogens is 3. The fraction of sp³-hybridized carbons (Fsp3) is 0.385. The second-order valence-corrected chi connectivity index (χ2v) is 4.36. The molecule has 0 spiro atoms. The number of nitrogens with one attached hydrogen (secondary N) is 1. The van der Waals surface area contributed by atoms with Crippen LogP contribution < -0.4 is 0 Å². The molecule has 94 valence electrons. The first-order valence-electron chi connectivity index (χ1n) is 6.08. The van der Waals surface area contributed by atoms with Crippen molar-refractivity contribution in [2.45, 2.75) is 25.7 Å². The van der Waals surface area contributed by atoms with E-state index >= 15 is 0 Å². The minimum Gasteiger partial charge on any atom is -0.347 e. The van der Waals surface area contributed by atoms with Crippen molar-refractivity contribution in [3.8, 4) is 11.3 Å². The smallest absolute Gasteiger partial charge is 0.205 e. The standard InChI is InChI=1S/C13H15N3O2/c1-9-7-8-17-13(18-9)12-11(14-16-15-12)10-5-3-2-4-6-10/h2-6,9,13H,7-8H2,1H3,(H,14,15,16). The van der Waals surface area contributed by atoms with E-state index in [2.05, 4.69) is 15.4 Å². The van der Waals surface area contributed by atoms with E-state index in [-0.39, 0.29) is 6.10 Å². The van der Waals surface area contributed by atoms with E-state index in [1.807, 2.05) is 37.3 Å². The number of ether oxygens (including phenoxy) is 2. The Balaban J connectivity index is 1.92. The highest BCUT2D eigenvalue weighted by atomic mass is 16.7. The minimum atomic E-state index is -0.428. The summed E-state index contributed by atoms with van der Waals surface area (Å²) < 4.78 is 11.4. The van der Waals surface area contributed by atoms with Crippen LogP contribution in [0.4, 0.5) is 0 Å². The monoisotopic (exact) mass is 245 g/mol. The lowest BCUT2D eigenvalue weighted by atomic mass is 10.1. The van der Waals surface area contributed by atoms with Crippen molar-refractivity contribution >= 4 is 0 Å². The Hall–Kier alpha value is -1.72. The molecule has 3 rings (SSSR count). The average Bonchev–Trinajstić information content (AvgIpc) is 2.89. The molecule has 2 heterocycles. The number of nitrogens with zero attached hydrogens (tertiary/aromatic N) is 2. The van der Waals surface area contributed by atoms with Gasteiger partial charge in [-0.05, 0) is 13.3 Å². The lowest BCUT2D eigenvalue weighted by molar-refractivity contribution is -0.213. The van der Waals surface area contributed by atoms with Crippen molar-refractivity contribution in [3.05, 3.63) is 36.0 Å². The van der Waals surface area contributed by atoms with Crippen LogP contribution >= 0.6 is 0 Å². The van der Waals surface area contributed by atoms with Crippen molar-refractivity contribution in [1.29, 1.82) is 0 Å². The molecular weight excluding hydrogens is 230 g/mol. The quantitative estimate of drug-likeness (QED) is 0.881. The highest BCUT2D eigenvalue weighted by molar-refractivity contribution is 5.61. The van der Waals surface area contributed by atoms with Gasteiger partial charge < -0.3 is 9.47 Å². The van der Waals surface area contributed by atoms with Gasteiger partial charge in [0.2, 0.25) is 6.29 Å². The Labute approximate surface area is 105 Å². The van der Waals surface area contributed by atoms with E-state index in [0.29, 0.717) is 12.3 Å². The fourth-order valence-electron chi connectivity index (χ4n) is 2.01. The average molecular weight is 245 g/mol. The van der Waals surface area contributed by atoms with Gasteiger partial charge in [0, 0.05) is 5.56 Å². The van der Waals surface area contributed by atoms with Crippen molar-refractivity contribution < 1.29 is 9.47 Å². The van der Waals surface area contributed by atoms with Crippen LogP contribution in [0.3, 0.4) is 0 Å². The number of hydrogen-bond donors (Lipinski definition) is 1. The van der Waals surface area contributed by atoms with Crippen LogP contribution in [0.15, 0.2) is 30.3 Å². The van der Waals surface area contributed by atoms with Crippen molar-refractivity contribution in [1.82, 2.24) is 15.4 Å². The van der Waals surface area contributed by atoms with Crippen LogP contribution in [-0.2, 0) is 9.47 Å². The van der Waals surface area contributed by atoms with Crippen LogP contribution in [0.1, 0.15) is 25.3 Å². The highest BCUT2D eigenvalue weighted by Crippen LogP contribution is 2.30. The summed E-state index contributed by atoms with van der Waals surface area (Å²) in [6.45, 7) is 2.73. The Morgan fingerprint density at radius 3 is 2.83 bits per heavy atom. The molecule has 18 heavy (non-hydrogen) atoms. The number of benzene rings is 1. The summed E-state index contributed by atoms with van der Waals surface area (Å²) >= 11 is 0. The molecule has 0 amide bonds. The lowest BCUT2D eigenvalue weighted by Gasteiger charge is -2.27. The van der Waals surface area contributed by atoms with Gasteiger partial charge in [0.1, 0.15) is 11.4 Å². The highest BCUT2D eigenvalue weighted by Gasteiger charge is 2.27. The van der Waals surface area contributed by atoms with Gasteiger partial charge in [0.05, 0.1) is 12.7 Å². The van der Waals surface area contributed by atoms with Crippen LogP contribution in [0.5, 0.6) is 0 Å². The summed E-state index contributed by atoms with van der Waals surface area (Å²) in [5.74, 6) is 0. The van der Waals surface area contributed by atoms with Crippen LogP contribution in [0, 0.1) is 0 Å². The molecule has 5 heteroatoms. The fourth-order valence-corrected chi connectivity index (χ4v) is 2.01. The van der Waals surface area contributed by atoms with Crippen molar-refractivity contribution in [2.75, 3.05) is 6.61 Å². The van der Waals surface area contributed by atoms with E-state index < -0.39 is 6.29 Å². The normalized spacial score (nSPS) is 24.1. The maximum atomic E-state index is 5.75. The molecule has 1 aromatic carbocycles. The molecule has 0 aliphatic carbocycles. The zero-order valence-corrected chi connectivity index (χ0v) is 10.2. The second-order valence-electron chi connectivity index (χ2n) is 4.36. The molecule has 1 N–H and O–H groups in total. The zero-order chi connectivity index (χ0) is 12.4. The Kier molecular flexibility index (Phi) is 3.08. The van der Waals surface area contributed by atoms with Gasteiger partial charge >= 0.3 is 0 Å². The summed E-state index contributed by atoms with van der Waals surface area (Å²) in [5, 5.41) is 11.0. The van der Waals surface area contributed by atoms with Gasteiger partial charge in [-0.25, -0.2) is 0 Å². The van der Waals surface area contributed by atoms with Gasteiger partial charge in [0.25, 0.3) is 0 Å². The lowest BCUT2D eigenvalue weighted by Crippen LogP contribution is -2.25. The molecule has 1 fully saturated rings. The number of H-pyrrole nitrogens is 1. The first kappa shape index (κ1) is 11.4. The van der Waals surface area contributed by atoms with Gasteiger partial charge in [-0.3, -0.25) is 0 Å². The summed E-state index contributed by atoms with van der Waals surface area (Å²) in [6.07, 6.45) is 0.668. The van der Waals surface area contributed by atoms with Crippen LogP contribution in [0.2, 0.25) is 0 Å². The van der Waals surface area contributed by atoms with Gasteiger partial charge in [-0.15, -0.1) is 0 Å². The summed E-state index contributed by atoms with van der Waals surface area (Å²) in [6, 6.07) is 9.90. The summed E-state index contributed by atoms with van der Waals surface area (Å²) in [4.78, 5) is 0. The van der Waals surface area contributed by atoms with E-state index in [9.17, 15) is 0 Å². The van der Waals surface area contributed by atoms with Gasteiger partial charge in [-0.2, -0.15) is 15.4 Å². The molecule has 1 aromatic heterocycles. The first-order valence-corrected chi connectivity index (χ1v) is 6.08. The SMILES string of the molecule is CC1CCOC(c2n[nH]nc2-c2ccccc2)O1. The van der Waals surface area contributed by atoms with E-state index in [1.54, 1.807) is 0 Å². The third kappa shape index (κ3) is 2.14. The molecule has 1 saturated heterocycles. The third-order valence-corrected chi connectivity index (χ3v) is 2.99. The molecule has 5 nitrogen and oxygen atoms in total. The molecule has 1 aliphatic heterocycles. The molecular formula is C13H15N3O2. The minimum absolute atomic E-state index is 0.184. The molecule has 2 unspecified atom stereocenters.